The van der Waals surface area contributed by atoms with Gasteiger partial charge in [0.25, 0.3) is 0 Å². The third-order valence-corrected chi connectivity index (χ3v) is 2.14. The smallest absolute Gasteiger partial charge is 0.224 e. The zero-order valence-electron chi connectivity index (χ0n) is 9.03. The van der Waals surface area contributed by atoms with E-state index in [0.29, 0.717) is 18.1 Å². The van der Waals surface area contributed by atoms with E-state index in [1.165, 1.54) is 0 Å². The Hall–Kier alpha value is -1.89. The summed E-state index contributed by atoms with van der Waals surface area (Å²) in [5.74, 6) is 0.929. The van der Waals surface area contributed by atoms with Crippen molar-refractivity contribution in [2.24, 2.45) is 0 Å². The van der Waals surface area contributed by atoms with Crippen molar-refractivity contribution in [3.63, 3.8) is 0 Å². The van der Waals surface area contributed by atoms with E-state index in [4.69, 9.17) is 10.5 Å². The summed E-state index contributed by atoms with van der Waals surface area (Å²) in [4.78, 5) is 8.15. The van der Waals surface area contributed by atoms with Gasteiger partial charge in [0.1, 0.15) is 5.82 Å². The Morgan fingerprint density at radius 2 is 2.38 bits per heavy atom. The summed E-state index contributed by atoms with van der Waals surface area (Å²) in [7, 11) is 1.68. The van der Waals surface area contributed by atoms with Crippen LogP contribution in [-0.2, 0) is 4.74 Å². The van der Waals surface area contributed by atoms with Crippen LogP contribution in [0, 0.1) is 0 Å². The number of nitrogens with zero attached hydrogens (tertiary/aromatic N) is 3. The van der Waals surface area contributed by atoms with Gasteiger partial charge in [-0.25, -0.2) is 0 Å². The highest BCUT2D eigenvalue weighted by Crippen LogP contribution is 2.18. The normalized spacial score (nSPS) is 10.8. The van der Waals surface area contributed by atoms with Crippen molar-refractivity contribution in [3.05, 3.63) is 6.20 Å². The van der Waals surface area contributed by atoms with E-state index in [1.807, 2.05) is 0 Å². The van der Waals surface area contributed by atoms with Crippen molar-refractivity contribution in [1.29, 1.82) is 0 Å². The number of aromatic amines is 1. The Morgan fingerprint density at radius 1 is 1.50 bits per heavy atom. The first-order chi connectivity index (χ1) is 7.81. The van der Waals surface area contributed by atoms with Gasteiger partial charge in [-0.2, -0.15) is 15.1 Å². The molecule has 0 spiro atoms. The molecule has 0 unspecified atom stereocenters. The van der Waals surface area contributed by atoms with Crippen LogP contribution in [0.5, 0.6) is 0 Å². The minimum Gasteiger partial charge on any atom is -0.385 e. The molecule has 4 N–H and O–H groups in total. The van der Waals surface area contributed by atoms with Gasteiger partial charge in [-0.05, 0) is 6.42 Å². The van der Waals surface area contributed by atoms with Gasteiger partial charge in [-0.3, -0.25) is 5.10 Å². The number of methoxy groups -OCH3 is 1. The average Bonchev–Trinajstić information content (AvgIpc) is 2.72. The molecule has 86 valence electrons. The van der Waals surface area contributed by atoms with E-state index in [2.05, 4.69) is 25.5 Å². The number of nitrogens with two attached hydrogens (primary N) is 1. The van der Waals surface area contributed by atoms with Crippen molar-refractivity contribution in [1.82, 2.24) is 20.2 Å². The Labute approximate surface area is 92.4 Å². The molecule has 2 aromatic heterocycles. The highest BCUT2D eigenvalue weighted by Gasteiger charge is 2.06. The topological polar surface area (TPSA) is 102 Å². The maximum atomic E-state index is 5.58. The summed E-state index contributed by atoms with van der Waals surface area (Å²) in [6, 6.07) is 0. The molecule has 0 amide bonds. The Balaban J connectivity index is 2.12. The van der Waals surface area contributed by atoms with E-state index in [-0.39, 0.29) is 5.95 Å². The number of ether oxygens (including phenoxy) is 1. The second-order valence-corrected chi connectivity index (χ2v) is 3.34. The molecule has 0 atom stereocenters. The fourth-order valence-electron chi connectivity index (χ4n) is 1.41. The van der Waals surface area contributed by atoms with E-state index in [0.717, 1.165) is 18.4 Å². The van der Waals surface area contributed by atoms with E-state index < -0.39 is 0 Å². The maximum absolute atomic E-state index is 5.58. The monoisotopic (exact) mass is 222 g/mol. The van der Waals surface area contributed by atoms with Crippen molar-refractivity contribution < 1.29 is 4.74 Å². The minimum absolute atomic E-state index is 0.228. The fourth-order valence-corrected chi connectivity index (χ4v) is 1.41. The number of H-pyrrole nitrogens is 1. The number of hydrogen-bond acceptors (Lipinski definition) is 6. The van der Waals surface area contributed by atoms with Crippen molar-refractivity contribution in [2.75, 3.05) is 31.3 Å². The molecule has 16 heavy (non-hydrogen) atoms. The van der Waals surface area contributed by atoms with Crippen LogP contribution in [0.3, 0.4) is 0 Å². The molecule has 7 nitrogen and oxygen atoms in total. The van der Waals surface area contributed by atoms with Gasteiger partial charge in [0.15, 0.2) is 5.65 Å². The number of nitrogens with one attached hydrogen (secondary N) is 2. The van der Waals surface area contributed by atoms with Gasteiger partial charge in [-0.1, -0.05) is 0 Å². The molecule has 0 fully saturated rings. The van der Waals surface area contributed by atoms with E-state index in [9.17, 15) is 0 Å². The van der Waals surface area contributed by atoms with Crippen molar-refractivity contribution >= 4 is 22.8 Å². The first-order valence-corrected chi connectivity index (χ1v) is 5.00. The Bertz CT molecular complexity index is 468. The van der Waals surface area contributed by atoms with E-state index >= 15 is 0 Å². The first kappa shape index (κ1) is 10.6. The lowest BCUT2D eigenvalue weighted by Crippen LogP contribution is -2.08. The van der Waals surface area contributed by atoms with E-state index in [1.54, 1.807) is 13.3 Å². The predicted octanol–water partition coefficient (Wildman–Crippen LogP) is 0.383. The maximum Gasteiger partial charge on any atom is 0.224 e. The third-order valence-electron chi connectivity index (χ3n) is 2.14. The lowest BCUT2D eigenvalue weighted by Gasteiger charge is -2.06. The van der Waals surface area contributed by atoms with Crippen LogP contribution in [0.15, 0.2) is 6.20 Å². The molecular formula is C9H14N6O. The second kappa shape index (κ2) is 4.75. The standard InChI is InChI=1S/C9H14N6O/c1-16-4-2-3-11-7-6-5-12-15-8(6)14-9(10)13-7/h5H,2-4H2,1H3,(H4,10,11,12,13,14,15). The molecule has 0 saturated carbocycles. The van der Waals surface area contributed by atoms with Gasteiger partial charge in [0, 0.05) is 20.3 Å². The Morgan fingerprint density at radius 3 is 3.19 bits per heavy atom. The molecule has 0 bridgehead atoms. The van der Waals surface area contributed by atoms with Crippen LogP contribution in [0.4, 0.5) is 11.8 Å². The van der Waals surface area contributed by atoms with Gasteiger partial charge < -0.3 is 15.8 Å². The summed E-state index contributed by atoms with van der Waals surface area (Å²) >= 11 is 0. The lowest BCUT2D eigenvalue weighted by atomic mass is 10.3. The SMILES string of the molecule is COCCCNc1nc(N)nc2[nH]ncc12. The Kier molecular flexibility index (Phi) is 3.16. The molecule has 2 rings (SSSR count). The highest BCUT2D eigenvalue weighted by atomic mass is 16.5. The molecular weight excluding hydrogens is 208 g/mol. The minimum atomic E-state index is 0.228. The molecule has 2 aromatic rings. The molecule has 0 saturated heterocycles. The van der Waals surface area contributed by atoms with Gasteiger partial charge >= 0.3 is 0 Å². The quantitative estimate of drug-likeness (QED) is 0.632. The van der Waals surface area contributed by atoms with Crippen LogP contribution in [0.2, 0.25) is 0 Å². The lowest BCUT2D eigenvalue weighted by molar-refractivity contribution is 0.198. The average molecular weight is 222 g/mol. The summed E-state index contributed by atoms with van der Waals surface area (Å²) < 4.78 is 4.96. The van der Waals surface area contributed by atoms with Crippen LogP contribution < -0.4 is 11.1 Å². The summed E-state index contributed by atoms with van der Waals surface area (Å²) in [6.45, 7) is 1.48. The summed E-state index contributed by atoms with van der Waals surface area (Å²) in [5.41, 5.74) is 6.22. The molecule has 0 radical (unpaired) electrons. The second-order valence-electron chi connectivity index (χ2n) is 3.34. The number of fused-ring (bicyclic) bond motifs is 1. The molecule has 7 heteroatoms. The van der Waals surface area contributed by atoms with Crippen LogP contribution >= 0.6 is 0 Å². The first-order valence-electron chi connectivity index (χ1n) is 5.00. The van der Waals surface area contributed by atoms with Crippen molar-refractivity contribution in [3.8, 4) is 0 Å². The fraction of sp³-hybridized carbons (Fsp3) is 0.444. The summed E-state index contributed by atoms with van der Waals surface area (Å²) in [6.07, 6.45) is 2.58. The van der Waals surface area contributed by atoms with Gasteiger partial charge in [-0.15, -0.1) is 0 Å². The number of anilines is 2. The number of hydrogen-bond donors (Lipinski definition) is 3. The molecule has 0 aliphatic carbocycles. The largest absolute Gasteiger partial charge is 0.385 e. The number of aromatic nitrogens is 4. The van der Waals surface area contributed by atoms with Crippen LogP contribution in [0.1, 0.15) is 6.42 Å². The van der Waals surface area contributed by atoms with Crippen LogP contribution in [-0.4, -0.2) is 40.4 Å². The highest BCUT2D eigenvalue weighted by molar-refractivity contribution is 5.86. The van der Waals surface area contributed by atoms with Crippen molar-refractivity contribution in [2.45, 2.75) is 6.42 Å². The third kappa shape index (κ3) is 2.19. The molecule has 0 aromatic carbocycles. The van der Waals surface area contributed by atoms with Gasteiger partial charge in [0.2, 0.25) is 5.95 Å². The van der Waals surface area contributed by atoms with Gasteiger partial charge in [0.05, 0.1) is 11.6 Å². The summed E-state index contributed by atoms with van der Waals surface area (Å²) in [5, 5.41) is 10.7. The number of rotatable bonds is 5. The number of nitrogen functional groups attached to an aromatic ring is 1. The predicted molar refractivity (Wildman–Crippen MR) is 61.1 cm³/mol. The zero-order valence-corrected chi connectivity index (χ0v) is 9.03. The molecule has 2 heterocycles. The molecule has 0 aliphatic rings. The zero-order chi connectivity index (χ0) is 11.4. The molecule has 0 aliphatic heterocycles. The van der Waals surface area contributed by atoms with Crippen LogP contribution in [0.25, 0.3) is 11.0 Å².